The molecule has 0 amide bonds. The predicted octanol–water partition coefficient (Wildman–Crippen LogP) is 2.93. The fraction of sp³-hybridized carbons (Fsp3) is 0.250. The van der Waals surface area contributed by atoms with Crippen LogP contribution in [0.15, 0.2) is 47.8 Å². The van der Waals surface area contributed by atoms with Gasteiger partial charge in [0.2, 0.25) is 0 Å². The number of rotatable bonds is 5. The fourth-order valence-corrected chi connectivity index (χ4v) is 4.20. The van der Waals surface area contributed by atoms with E-state index >= 15 is 0 Å². The van der Waals surface area contributed by atoms with Gasteiger partial charge in [-0.25, -0.2) is 4.79 Å². The van der Waals surface area contributed by atoms with Crippen LogP contribution < -0.4 is 4.90 Å². The number of carbonyl (C=O) groups is 1. The van der Waals surface area contributed by atoms with Gasteiger partial charge in [-0.1, -0.05) is 12.1 Å². The van der Waals surface area contributed by atoms with Gasteiger partial charge in [-0.15, -0.1) is 21.5 Å². The molecule has 0 radical (unpaired) electrons. The van der Waals surface area contributed by atoms with Crippen LogP contribution in [0.2, 0.25) is 0 Å². The lowest BCUT2D eigenvalue weighted by molar-refractivity contribution is 0.0689. The molecule has 1 fully saturated rings. The average molecular weight is 396 g/mol. The second kappa shape index (κ2) is 7.95. The molecule has 8 heteroatoms. The van der Waals surface area contributed by atoms with Crippen molar-refractivity contribution in [3.8, 4) is 16.9 Å². The topological polar surface area (TPSA) is 89.8 Å². The van der Waals surface area contributed by atoms with Gasteiger partial charge in [-0.2, -0.15) is 0 Å². The molecule has 0 atom stereocenters. The maximum atomic E-state index is 10.9. The van der Waals surface area contributed by atoms with Crippen molar-refractivity contribution in [1.82, 2.24) is 15.1 Å². The van der Waals surface area contributed by atoms with Crippen molar-refractivity contribution >= 4 is 23.1 Å². The number of phenolic OH excluding ortho intramolecular Hbond substituents is 1. The molecule has 7 nitrogen and oxygen atoms in total. The molecular weight excluding hydrogens is 376 g/mol. The largest absolute Gasteiger partial charge is 0.508 e. The molecule has 0 saturated carbocycles. The van der Waals surface area contributed by atoms with Gasteiger partial charge in [0.1, 0.15) is 5.75 Å². The van der Waals surface area contributed by atoms with Crippen LogP contribution in [0.1, 0.15) is 15.4 Å². The van der Waals surface area contributed by atoms with Crippen LogP contribution in [0.3, 0.4) is 0 Å². The average Bonchev–Trinajstić information content (AvgIpc) is 3.17. The minimum Gasteiger partial charge on any atom is -0.508 e. The minimum absolute atomic E-state index is 0.0392. The van der Waals surface area contributed by atoms with E-state index in [1.165, 1.54) is 10.9 Å². The summed E-state index contributed by atoms with van der Waals surface area (Å²) in [7, 11) is 0. The van der Waals surface area contributed by atoms with Gasteiger partial charge in [0.15, 0.2) is 11.5 Å². The summed E-state index contributed by atoms with van der Waals surface area (Å²) in [5, 5.41) is 28.5. The summed E-state index contributed by atoms with van der Waals surface area (Å²) in [6.45, 7) is 4.35. The van der Waals surface area contributed by atoms with Gasteiger partial charge in [-0.05, 0) is 46.8 Å². The molecule has 2 aromatic heterocycles. The van der Waals surface area contributed by atoms with Gasteiger partial charge in [0, 0.05) is 37.6 Å². The highest BCUT2D eigenvalue weighted by molar-refractivity contribution is 7.10. The quantitative estimate of drug-likeness (QED) is 0.685. The number of phenols is 1. The molecule has 28 heavy (non-hydrogen) atoms. The first-order valence-electron chi connectivity index (χ1n) is 8.99. The summed E-state index contributed by atoms with van der Waals surface area (Å²) in [4.78, 5) is 16.7. The zero-order chi connectivity index (χ0) is 19.5. The van der Waals surface area contributed by atoms with Crippen molar-refractivity contribution in [2.75, 3.05) is 31.1 Å². The van der Waals surface area contributed by atoms with Gasteiger partial charge < -0.3 is 15.1 Å². The first-order chi connectivity index (χ1) is 13.6. The van der Waals surface area contributed by atoms with Gasteiger partial charge >= 0.3 is 5.97 Å². The number of nitrogens with zero attached hydrogens (tertiary/aromatic N) is 4. The molecule has 3 heterocycles. The summed E-state index contributed by atoms with van der Waals surface area (Å²) in [6, 6.07) is 12.7. The lowest BCUT2D eigenvalue weighted by atomic mass is 10.1. The lowest BCUT2D eigenvalue weighted by Gasteiger charge is -2.34. The molecule has 0 spiro atoms. The number of aromatic nitrogens is 2. The third-order valence-corrected chi connectivity index (χ3v) is 5.70. The van der Waals surface area contributed by atoms with Crippen LogP contribution in [0, 0.1) is 0 Å². The molecule has 2 N–H and O–H groups in total. The summed E-state index contributed by atoms with van der Waals surface area (Å²) in [5.74, 6) is -0.0716. The van der Waals surface area contributed by atoms with Gasteiger partial charge in [0.25, 0.3) is 0 Å². The number of benzene rings is 1. The molecule has 1 saturated heterocycles. The second-order valence-electron chi connectivity index (χ2n) is 6.70. The number of anilines is 1. The van der Waals surface area contributed by atoms with Crippen LogP contribution in [-0.4, -0.2) is 57.5 Å². The van der Waals surface area contributed by atoms with Crippen molar-refractivity contribution in [2.24, 2.45) is 0 Å². The number of thiophene rings is 1. The van der Waals surface area contributed by atoms with E-state index in [9.17, 15) is 9.90 Å². The normalized spacial score (nSPS) is 14.9. The Balaban J connectivity index is 1.34. The Bertz CT molecular complexity index is 966. The van der Waals surface area contributed by atoms with E-state index in [-0.39, 0.29) is 11.4 Å². The van der Waals surface area contributed by atoms with Gasteiger partial charge in [-0.3, -0.25) is 4.90 Å². The summed E-state index contributed by atoms with van der Waals surface area (Å²) in [6.07, 6.45) is 0. The number of carboxylic acids is 1. The molecule has 0 aliphatic carbocycles. The monoisotopic (exact) mass is 396 g/mol. The number of hydrogen-bond acceptors (Lipinski definition) is 7. The minimum atomic E-state index is -1.06. The molecule has 144 valence electrons. The van der Waals surface area contributed by atoms with Crippen molar-refractivity contribution in [1.29, 1.82) is 0 Å². The Morgan fingerprint density at radius 3 is 2.54 bits per heavy atom. The highest BCUT2D eigenvalue weighted by atomic mass is 32.1. The molecule has 0 unspecified atom stereocenters. The van der Waals surface area contributed by atoms with Crippen LogP contribution in [-0.2, 0) is 6.54 Å². The van der Waals surface area contributed by atoms with E-state index in [4.69, 9.17) is 5.11 Å². The SMILES string of the molecule is O=C(O)c1ccc(N2CCN(Cc3cc(-c4cccc(O)c4)cs3)CC2)nn1. The number of aromatic hydroxyl groups is 1. The molecule has 1 aliphatic heterocycles. The molecule has 4 rings (SSSR count). The van der Waals surface area contributed by atoms with E-state index in [1.54, 1.807) is 29.5 Å². The maximum Gasteiger partial charge on any atom is 0.356 e. The summed E-state index contributed by atoms with van der Waals surface area (Å²) in [5.41, 5.74) is 2.11. The van der Waals surface area contributed by atoms with Crippen molar-refractivity contribution < 1.29 is 15.0 Å². The zero-order valence-electron chi connectivity index (χ0n) is 15.2. The fourth-order valence-electron chi connectivity index (χ4n) is 3.26. The van der Waals surface area contributed by atoms with Crippen molar-refractivity contribution in [3.05, 3.63) is 58.4 Å². The molecule has 1 aliphatic rings. The van der Waals surface area contributed by atoms with E-state index in [0.717, 1.165) is 43.9 Å². The molecular formula is C20H20N4O3S. The zero-order valence-corrected chi connectivity index (χ0v) is 16.0. The third-order valence-electron chi connectivity index (χ3n) is 4.78. The Kier molecular flexibility index (Phi) is 5.23. The Morgan fingerprint density at radius 2 is 1.86 bits per heavy atom. The summed E-state index contributed by atoms with van der Waals surface area (Å²) >= 11 is 1.73. The first-order valence-corrected chi connectivity index (χ1v) is 9.87. The number of aromatic carboxylic acids is 1. The smallest absolute Gasteiger partial charge is 0.356 e. The van der Waals surface area contributed by atoms with Crippen molar-refractivity contribution in [2.45, 2.75) is 6.54 Å². The number of piperazine rings is 1. The third kappa shape index (κ3) is 4.13. The summed E-state index contributed by atoms with van der Waals surface area (Å²) < 4.78 is 0. The first kappa shape index (κ1) is 18.4. The van der Waals surface area contributed by atoms with E-state index in [2.05, 4.69) is 31.4 Å². The molecule has 1 aromatic carbocycles. The Morgan fingerprint density at radius 1 is 1.04 bits per heavy atom. The molecule has 3 aromatic rings. The van der Waals surface area contributed by atoms with Crippen LogP contribution in [0.25, 0.3) is 11.1 Å². The Hall–Kier alpha value is -2.97. The van der Waals surface area contributed by atoms with E-state index in [1.807, 2.05) is 12.1 Å². The Labute approximate surface area is 166 Å². The van der Waals surface area contributed by atoms with E-state index in [0.29, 0.717) is 5.82 Å². The number of hydrogen-bond donors (Lipinski definition) is 2. The predicted molar refractivity (Wildman–Crippen MR) is 108 cm³/mol. The van der Waals surface area contributed by atoms with Crippen molar-refractivity contribution in [3.63, 3.8) is 0 Å². The highest BCUT2D eigenvalue weighted by Crippen LogP contribution is 2.28. The van der Waals surface area contributed by atoms with Gasteiger partial charge in [0.05, 0.1) is 0 Å². The lowest BCUT2D eigenvalue weighted by Crippen LogP contribution is -2.46. The standard InChI is InChI=1S/C20H20N4O3S/c25-16-3-1-2-14(10-16)15-11-17(28-13-15)12-23-6-8-24(9-7-23)19-5-4-18(20(26)27)21-22-19/h1-5,10-11,13,25H,6-9,12H2,(H,26,27). The van der Waals surface area contributed by atoms with Crippen LogP contribution >= 0.6 is 11.3 Å². The maximum absolute atomic E-state index is 10.9. The van der Waals surface area contributed by atoms with E-state index < -0.39 is 5.97 Å². The van der Waals surface area contributed by atoms with Crippen LogP contribution in [0.5, 0.6) is 5.75 Å². The number of carboxylic acid groups (broad SMARTS) is 1. The second-order valence-corrected chi connectivity index (χ2v) is 7.69. The highest BCUT2D eigenvalue weighted by Gasteiger charge is 2.19. The van der Waals surface area contributed by atoms with Crippen LogP contribution in [0.4, 0.5) is 5.82 Å². The molecule has 0 bridgehead atoms.